The molecule has 0 saturated carbocycles. The normalized spacial score (nSPS) is 10.9. The molecule has 0 bridgehead atoms. The number of carbonyl (C=O) groups is 2. The fourth-order valence-electron chi connectivity index (χ4n) is 3.31. The summed E-state index contributed by atoms with van der Waals surface area (Å²) in [6, 6.07) is 12.7. The van der Waals surface area contributed by atoms with Gasteiger partial charge in [-0.1, -0.05) is 23.7 Å². The number of rotatable bonds is 8. The number of nitrogens with one attached hydrogen (secondary N) is 5. The highest BCUT2D eigenvalue weighted by Gasteiger charge is 2.12. The third kappa shape index (κ3) is 6.02. The molecule has 2 aromatic heterocycles. The summed E-state index contributed by atoms with van der Waals surface area (Å²) in [5.74, 6) is 0.804. The summed E-state index contributed by atoms with van der Waals surface area (Å²) >= 11 is 6.31. The van der Waals surface area contributed by atoms with Gasteiger partial charge in [0.1, 0.15) is 5.02 Å². The second kappa shape index (κ2) is 10.4. The van der Waals surface area contributed by atoms with Crippen LogP contribution in [0.5, 0.6) is 0 Å². The van der Waals surface area contributed by atoms with E-state index in [-0.39, 0.29) is 18.4 Å². The van der Waals surface area contributed by atoms with Crippen LogP contribution in [0.25, 0.3) is 10.9 Å². The fraction of sp³-hybridized carbons (Fsp3) is 0.174. The molecule has 2 heterocycles. The Bertz CT molecular complexity index is 1390. The highest BCUT2D eigenvalue weighted by atomic mass is 35.5. The van der Waals surface area contributed by atoms with Crippen LogP contribution in [0.3, 0.4) is 0 Å². The first-order chi connectivity index (χ1) is 16.8. The molecule has 2 amide bonds. The Labute approximate surface area is 206 Å². The molecule has 180 valence electrons. The van der Waals surface area contributed by atoms with E-state index in [4.69, 9.17) is 11.6 Å². The zero-order valence-corrected chi connectivity index (χ0v) is 20.1. The smallest absolute Gasteiger partial charge is 0.239 e. The maximum Gasteiger partial charge on any atom is 0.239 e. The summed E-state index contributed by atoms with van der Waals surface area (Å²) in [6.45, 7) is 1.70. The number of halogens is 1. The summed E-state index contributed by atoms with van der Waals surface area (Å²) in [5.41, 5.74) is 2.67. The number of fused-ring (bicyclic) bond motifs is 1. The van der Waals surface area contributed by atoms with Crippen LogP contribution in [0.2, 0.25) is 5.02 Å². The quantitative estimate of drug-likeness (QED) is 0.248. The van der Waals surface area contributed by atoms with Gasteiger partial charge in [-0.25, -0.2) is 4.98 Å². The number of para-hydroxylation sites is 2. The summed E-state index contributed by atoms with van der Waals surface area (Å²) in [6.07, 6.45) is 1.48. The van der Waals surface area contributed by atoms with Gasteiger partial charge in [0.15, 0.2) is 11.6 Å². The Morgan fingerprint density at radius 1 is 1.03 bits per heavy atom. The van der Waals surface area contributed by atoms with E-state index in [2.05, 4.69) is 41.4 Å². The highest BCUT2D eigenvalue weighted by molar-refractivity contribution is 6.33. The molecule has 4 rings (SSSR count). The Balaban J connectivity index is 1.52. The molecular formula is C23H24ClN9O2. The minimum atomic E-state index is -0.190. The van der Waals surface area contributed by atoms with E-state index in [1.807, 2.05) is 44.4 Å². The second-order valence-electron chi connectivity index (χ2n) is 7.99. The van der Waals surface area contributed by atoms with Gasteiger partial charge in [0.25, 0.3) is 0 Å². The topological polar surface area (TPSA) is 140 Å². The number of benzene rings is 2. The van der Waals surface area contributed by atoms with Crippen LogP contribution in [-0.4, -0.2) is 57.5 Å². The molecule has 0 saturated heterocycles. The van der Waals surface area contributed by atoms with Gasteiger partial charge in [0.05, 0.1) is 29.6 Å². The Hall–Kier alpha value is -4.22. The average molecular weight is 494 g/mol. The molecule has 5 N–H and O–H groups in total. The number of amides is 2. The van der Waals surface area contributed by atoms with Crippen molar-refractivity contribution in [2.24, 2.45) is 0 Å². The van der Waals surface area contributed by atoms with Gasteiger partial charge >= 0.3 is 0 Å². The number of aromatic nitrogens is 4. The second-order valence-corrected chi connectivity index (χ2v) is 8.39. The van der Waals surface area contributed by atoms with Crippen molar-refractivity contribution in [2.75, 3.05) is 41.9 Å². The van der Waals surface area contributed by atoms with Gasteiger partial charge in [-0.3, -0.25) is 14.7 Å². The van der Waals surface area contributed by atoms with Gasteiger partial charge in [0, 0.05) is 18.0 Å². The number of likely N-dealkylation sites (N-methyl/N-ethyl adjacent to an activating group) is 1. The lowest BCUT2D eigenvalue weighted by Gasteiger charge is -2.13. The molecule has 0 aliphatic rings. The molecular weight excluding hydrogens is 470 g/mol. The number of carbonyl (C=O) groups excluding carboxylic acids is 2. The summed E-state index contributed by atoms with van der Waals surface area (Å²) in [7, 11) is 3.64. The third-order valence-electron chi connectivity index (χ3n) is 4.77. The Kier molecular flexibility index (Phi) is 7.09. The first-order valence-corrected chi connectivity index (χ1v) is 11.0. The molecule has 0 aliphatic carbocycles. The molecule has 0 unspecified atom stereocenters. The van der Waals surface area contributed by atoms with Gasteiger partial charge in [0.2, 0.25) is 17.8 Å². The Morgan fingerprint density at radius 3 is 2.54 bits per heavy atom. The van der Waals surface area contributed by atoms with Crippen LogP contribution < -0.4 is 21.3 Å². The molecule has 35 heavy (non-hydrogen) atoms. The van der Waals surface area contributed by atoms with E-state index in [0.717, 1.165) is 10.9 Å². The summed E-state index contributed by atoms with van der Waals surface area (Å²) < 4.78 is 0. The molecule has 11 nitrogen and oxygen atoms in total. The predicted molar refractivity (Wildman–Crippen MR) is 138 cm³/mol. The standard InChI is InChI=1S/C23H24ClN9O2/c1-13(34)26-17-6-4-5-7-18(17)28-22-16(24)11-25-23(30-22)27-14-8-9-15-19(10-14)31-32-21(15)29-20(35)12-33(2)3/h4-11H,12H2,1-3H3,(H,26,34)(H2,25,27,28,30)(H2,29,31,32,35). The lowest BCUT2D eigenvalue weighted by atomic mass is 10.2. The van der Waals surface area contributed by atoms with E-state index in [9.17, 15) is 9.59 Å². The molecule has 0 spiro atoms. The number of H-pyrrole nitrogens is 1. The van der Waals surface area contributed by atoms with Crippen LogP contribution in [0.1, 0.15) is 6.92 Å². The van der Waals surface area contributed by atoms with Crippen molar-refractivity contribution in [1.82, 2.24) is 25.1 Å². The van der Waals surface area contributed by atoms with Gasteiger partial charge in [-0.05, 0) is 44.4 Å². The third-order valence-corrected chi connectivity index (χ3v) is 5.05. The minimum absolute atomic E-state index is 0.153. The first kappa shape index (κ1) is 23.9. The average Bonchev–Trinajstić information content (AvgIpc) is 3.18. The zero-order chi connectivity index (χ0) is 24.9. The molecule has 0 aliphatic heterocycles. The van der Waals surface area contributed by atoms with E-state index in [1.54, 1.807) is 17.0 Å². The molecule has 0 atom stereocenters. The SMILES string of the molecule is CC(=O)Nc1ccccc1Nc1nc(Nc2ccc3c(NC(=O)CN(C)C)n[nH]c3c2)ncc1Cl. The Morgan fingerprint density at radius 2 is 1.80 bits per heavy atom. The lowest BCUT2D eigenvalue weighted by Crippen LogP contribution is -2.27. The van der Waals surface area contributed by atoms with Crippen molar-refractivity contribution in [1.29, 1.82) is 0 Å². The van der Waals surface area contributed by atoms with Crippen LogP contribution in [0.4, 0.5) is 34.6 Å². The number of hydrogen-bond donors (Lipinski definition) is 5. The van der Waals surface area contributed by atoms with E-state index < -0.39 is 0 Å². The van der Waals surface area contributed by atoms with Crippen molar-refractivity contribution < 1.29 is 9.59 Å². The molecule has 4 aromatic rings. The van der Waals surface area contributed by atoms with Crippen molar-refractivity contribution in [3.63, 3.8) is 0 Å². The van der Waals surface area contributed by atoms with E-state index in [0.29, 0.717) is 39.7 Å². The molecule has 0 radical (unpaired) electrons. The number of aromatic amines is 1. The number of nitrogens with zero attached hydrogens (tertiary/aromatic N) is 4. The largest absolute Gasteiger partial charge is 0.337 e. The van der Waals surface area contributed by atoms with Crippen molar-refractivity contribution >= 4 is 69.0 Å². The first-order valence-electron chi connectivity index (χ1n) is 10.6. The molecule has 0 fully saturated rings. The minimum Gasteiger partial charge on any atom is -0.337 e. The van der Waals surface area contributed by atoms with Crippen LogP contribution in [-0.2, 0) is 9.59 Å². The van der Waals surface area contributed by atoms with E-state index in [1.165, 1.54) is 13.1 Å². The van der Waals surface area contributed by atoms with Crippen LogP contribution >= 0.6 is 11.6 Å². The summed E-state index contributed by atoms with van der Waals surface area (Å²) in [4.78, 5) is 34.1. The van der Waals surface area contributed by atoms with Crippen molar-refractivity contribution in [2.45, 2.75) is 6.92 Å². The van der Waals surface area contributed by atoms with E-state index >= 15 is 0 Å². The number of hydrogen-bond acceptors (Lipinski definition) is 8. The molecule has 12 heteroatoms. The summed E-state index contributed by atoms with van der Waals surface area (Å²) in [5, 5.41) is 20.1. The monoisotopic (exact) mass is 493 g/mol. The fourth-order valence-corrected chi connectivity index (χ4v) is 3.45. The van der Waals surface area contributed by atoms with Crippen molar-refractivity contribution in [3.05, 3.63) is 53.7 Å². The lowest BCUT2D eigenvalue weighted by molar-refractivity contribution is -0.117. The maximum atomic E-state index is 12.1. The van der Waals surface area contributed by atoms with Gasteiger partial charge in [-0.2, -0.15) is 10.1 Å². The highest BCUT2D eigenvalue weighted by Crippen LogP contribution is 2.30. The zero-order valence-electron chi connectivity index (χ0n) is 19.3. The molecule has 2 aromatic carbocycles. The number of anilines is 6. The maximum absolute atomic E-state index is 12.1. The van der Waals surface area contributed by atoms with Crippen LogP contribution in [0, 0.1) is 0 Å². The van der Waals surface area contributed by atoms with Crippen molar-refractivity contribution in [3.8, 4) is 0 Å². The van der Waals surface area contributed by atoms with Gasteiger partial charge in [-0.15, -0.1) is 0 Å². The van der Waals surface area contributed by atoms with Gasteiger partial charge < -0.3 is 26.2 Å². The predicted octanol–water partition coefficient (Wildman–Crippen LogP) is 3.95. The van der Waals surface area contributed by atoms with Crippen LogP contribution in [0.15, 0.2) is 48.7 Å².